The molecule has 0 bridgehead atoms. The molecule has 0 fully saturated rings. The average Bonchev–Trinajstić information content (AvgIpc) is 2.21. The van der Waals surface area contributed by atoms with E-state index in [2.05, 4.69) is 5.32 Å². The fourth-order valence-corrected chi connectivity index (χ4v) is 1.74. The van der Waals surface area contributed by atoms with E-state index in [4.69, 9.17) is 5.11 Å². The molecule has 0 aromatic heterocycles. The highest BCUT2D eigenvalue weighted by Gasteiger charge is 2.38. The lowest BCUT2D eigenvalue weighted by atomic mass is 9.80. The first-order chi connectivity index (χ1) is 7.41. The van der Waals surface area contributed by atoms with Crippen LogP contribution < -0.4 is 5.32 Å². The molecule has 0 aliphatic rings. The number of aliphatic carboxylic acids is 1. The van der Waals surface area contributed by atoms with Gasteiger partial charge in [-0.2, -0.15) is 0 Å². The van der Waals surface area contributed by atoms with Crippen molar-refractivity contribution in [2.75, 3.05) is 7.05 Å². The van der Waals surface area contributed by atoms with Gasteiger partial charge in [0.15, 0.2) is 0 Å². The number of halogens is 1. The summed E-state index contributed by atoms with van der Waals surface area (Å²) in [5.41, 5.74) is -0.700. The van der Waals surface area contributed by atoms with E-state index in [0.29, 0.717) is 5.56 Å². The van der Waals surface area contributed by atoms with Crippen molar-refractivity contribution in [1.29, 1.82) is 0 Å². The average molecular weight is 225 g/mol. The van der Waals surface area contributed by atoms with E-state index in [1.807, 2.05) is 0 Å². The monoisotopic (exact) mass is 225 g/mol. The molecule has 88 valence electrons. The minimum atomic E-state index is -1.07. The largest absolute Gasteiger partial charge is 0.481 e. The summed E-state index contributed by atoms with van der Waals surface area (Å²) < 4.78 is 13.6. The van der Waals surface area contributed by atoms with Gasteiger partial charge in [0, 0.05) is 5.56 Å². The van der Waals surface area contributed by atoms with Crippen molar-refractivity contribution in [3.8, 4) is 0 Å². The fraction of sp³-hybridized carbons (Fsp3) is 0.417. The molecule has 1 aromatic carbocycles. The number of rotatable bonds is 4. The zero-order valence-corrected chi connectivity index (χ0v) is 9.62. The van der Waals surface area contributed by atoms with Gasteiger partial charge in [-0.1, -0.05) is 18.2 Å². The van der Waals surface area contributed by atoms with Gasteiger partial charge < -0.3 is 10.4 Å². The Kier molecular flexibility index (Phi) is 3.65. The molecule has 1 aromatic rings. The molecule has 0 heterocycles. The zero-order valence-electron chi connectivity index (χ0n) is 9.62. The summed E-state index contributed by atoms with van der Waals surface area (Å²) in [4.78, 5) is 11.1. The summed E-state index contributed by atoms with van der Waals surface area (Å²) in [7, 11) is 1.63. The van der Waals surface area contributed by atoms with E-state index in [-0.39, 0.29) is 0 Å². The lowest BCUT2D eigenvalue weighted by Gasteiger charge is -2.30. The number of carbonyl (C=O) groups is 1. The van der Waals surface area contributed by atoms with E-state index < -0.39 is 23.2 Å². The van der Waals surface area contributed by atoms with Crippen molar-refractivity contribution in [2.45, 2.75) is 19.9 Å². The second-order valence-electron chi connectivity index (χ2n) is 4.27. The molecule has 16 heavy (non-hydrogen) atoms. The SMILES string of the molecule is CNC(c1ccccc1F)C(C)(C)C(=O)O. The van der Waals surface area contributed by atoms with Gasteiger partial charge in [-0.15, -0.1) is 0 Å². The van der Waals surface area contributed by atoms with Crippen molar-refractivity contribution >= 4 is 5.97 Å². The molecular weight excluding hydrogens is 209 g/mol. The number of carboxylic acids is 1. The summed E-state index contributed by atoms with van der Waals surface area (Å²) >= 11 is 0. The molecular formula is C12H16FNO2. The Hall–Kier alpha value is -1.42. The second-order valence-corrected chi connectivity index (χ2v) is 4.27. The third-order valence-corrected chi connectivity index (χ3v) is 2.78. The number of benzene rings is 1. The molecule has 1 rings (SSSR count). The molecule has 0 aliphatic heterocycles. The molecule has 0 amide bonds. The molecule has 0 saturated carbocycles. The molecule has 1 unspecified atom stereocenters. The zero-order chi connectivity index (χ0) is 12.3. The summed E-state index contributed by atoms with van der Waals surface area (Å²) in [6.07, 6.45) is 0. The topological polar surface area (TPSA) is 49.3 Å². The highest BCUT2D eigenvalue weighted by atomic mass is 19.1. The van der Waals surface area contributed by atoms with Gasteiger partial charge >= 0.3 is 5.97 Å². The van der Waals surface area contributed by atoms with Gasteiger partial charge in [0.05, 0.1) is 11.5 Å². The highest BCUT2D eigenvalue weighted by Crippen LogP contribution is 2.34. The molecule has 0 radical (unpaired) electrons. The van der Waals surface area contributed by atoms with Gasteiger partial charge in [-0.3, -0.25) is 4.79 Å². The van der Waals surface area contributed by atoms with Gasteiger partial charge in [-0.05, 0) is 27.0 Å². The summed E-state index contributed by atoms with van der Waals surface area (Å²) in [5, 5.41) is 12.0. The van der Waals surface area contributed by atoms with Gasteiger partial charge in [-0.25, -0.2) is 4.39 Å². The third-order valence-electron chi connectivity index (χ3n) is 2.78. The standard InChI is InChI=1S/C12H16FNO2/c1-12(2,11(15)16)10(14-3)8-6-4-5-7-9(8)13/h4-7,10,14H,1-3H3,(H,15,16). The Morgan fingerprint density at radius 2 is 2.00 bits per heavy atom. The van der Waals surface area contributed by atoms with Gasteiger partial charge in [0.25, 0.3) is 0 Å². The quantitative estimate of drug-likeness (QED) is 0.825. The summed E-state index contributed by atoms with van der Waals surface area (Å²) in [6, 6.07) is 5.64. The van der Waals surface area contributed by atoms with Crippen LogP contribution in [-0.2, 0) is 4.79 Å². The molecule has 0 saturated heterocycles. The minimum Gasteiger partial charge on any atom is -0.481 e. The van der Waals surface area contributed by atoms with Crippen LogP contribution in [0.4, 0.5) is 4.39 Å². The predicted octanol–water partition coefficient (Wildman–Crippen LogP) is 2.20. The molecule has 4 heteroatoms. The molecule has 1 atom stereocenters. The Balaban J connectivity index is 3.18. The van der Waals surface area contributed by atoms with E-state index in [1.165, 1.54) is 6.07 Å². The van der Waals surface area contributed by atoms with Crippen molar-refractivity contribution < 1.29 is 14.3 Å². The van der Waals surface area contributed by atoms with Gasteiger partial charge in [0.1, 0.15) is 5.82 Å². The van der Waals surface area contributed by atoms with Crippen LogP contribution >= 0.6 is 0 Å². The van der Waals surface area contributed by atoms with Crippen LogP contribution in [0.2, 0.25) is 0 Å². The van der Waals surface area contributed by atoms with Crippen LogP contribution in [0.5, 0.6) is 0 Å². The maximum absolute atomic E-state index is 13.6. The van der Waals surface area contributed by atoms with Crippen LogP contribution in [0.15, 0.2) is 24.3 Å². The number of hydrogen-bond donors (Lipinski definition) is 2. The lowest BCUT2D eigenvalue weighted by molar-refractivity contribution is -0.148. The van der Waals surface area contributed by atoms with Crippen LogP contribution in [0.1, 0.15) is 25.5 Å². The van der Waals surface area contributed by atoms with Crippen LogP contribution in [0, 0.1) is 11.2 Å². The predicted molar refractivity (Wildman–Crippen MR) is 59.6 cm³/mol. The van der Waals surface area contributed by atoms with Crippen LogP contribution in [0.3, 0.4) is 0 Å². The maximum atomic E-state index is 13.6. The Bertz CT molecular complexity index is 390. The third kappa shape index (κ3) is 2.22. The van der Waals surface area contributed by atoms with Crippen molar-refractivity contribution in [3.63, 3.8) is 0 Å². The van der Waals surface area contributed by atoms with Crippen LogP contribution in [0.25, 0.3) is 0 Å². The lowest BCUT2D eigenvalue weighted by Crippen LogP contribution is -2.38. The Morgan fingerprint density at radius 1 is 1.44 bits per heavy atom. The normalized spacial score (nSPS) is 13.5. The summed E-state index contributed by atoms with van der Waals surface area (Å²) in [6.45, 7) is 3.14. The Morgan fingerprint density at radius 3 is 2.44 bits per heavy atom. The first kappa shape index (κ1) is 12.6. The maximum Gasteiger partial charge on any atom is 0.311 e. The highest BCUT2D eigenvalue weighted by molar-refractivity contribution is 5.75. The minimum absolute atomic E-state index is 0.373. The first-order valence-electron chi connectivity index (χ1n) is 5.06. The fourth-order valence-electron chi connectivity index (χ4n) is 1.74. The number of hydrogen-bond acceptors (Lipinski definition) is 2. The van der Waals surface area contributed by atoms with Crippen LogP contribution in [-0.4, -0.2) is 18.1 Å². The first-order valence-corrected chi connectivity index (χ1v) is 5.06. The molecule has 3 nitrogen and oxygen atoms in total. The van der Waals surface area contributed by atoms with E-state index in [1.54, 1.807) is 39.1 Å². The van der Waals surface area contributed by atoms with Gasteiger partial charge in [0.2, 0.25) is 0 Å². The van der Waals surface area contributed by atoms with E-state index >= 15 is 0 Å². The van der Waals surface area contributed by atoms with Crippen molar-refractivity contribution in [1.82, 2.24) is 5.32 Å². The van der Waals surface area contributed by atoms with Crippen molar-refractivity contribution in [3.05, 3.63) is 35.6 Å². The smallest absolute Gasteiger partial charge is 0.311 e. The molecule has 2 N–H and O–H groups in total. The van der Waals surface area contributed by atoms with Crippen molar-refractivity contribution in [2.24, 2.45) is 5.41 Å². The Labute approximate surface area is 94.3 Å². The molecule has 0 aliphatic carbocycles. The molecule has 0 spiro atoms. The van der Waals surface area contributed by atoms with E-state index in [0.717, 1.165) is 0 Å². The van der Waals surface area contributed by atoms with E-state index in [9.17, 15) is 9.18 Å². The number of carboxylic acid groups (broad SMARTS) is 1. The second kappa shape index (κ2) is 4.61. The summed E-state index contributed by atoms with van der Waals surface area (Å²) in [5.74, 6) is -1.36. The number of nitrogens with one attached hydrogen (secondary N) is 1.